The maximum atomic E-state index is 13.1. The fourth-order valence-electron chi connectivity index (χ4n) is 4.22. The summed E-state index contributed by atoms with van der Waals surface area (Å²) in [6.07, 6.45) is 4.07. The standard InChI is InChI=1S/C23H24N4O5/c1-13(28)26-17-7-5-14-9-20(30-2)22(31-3)23(32-4)21(14)15-6-8-18(19(29)10-16(15)17)27-12-24-11-25-27/h6,8-12,17H,5,7H2,1-4H3,(H,26,28). The van der Waals surface area contributed by atoms with Crippen LogP contribution in [0, 0.1) is 0 Å². The number of aromatic nitrogens is 3. The van der Waals surface area contributed by atoms with Gasteiger partial charge in [-0.05, 0) is 47.7 Å². The summed E-state index contributed by atoms with van der Waals surface area (Å²) < 4.78 is 18.3. The molecule has 166 valence electrons. The number of fused-ring (bicyclic) bond motifs is 3. The maximum Gasteiger partial charge on any atom is 0.217 e. The second kappa shape index (κ2) is 8.70. The summed E-state index contributed by atoms with van der Waals surface area (Å²) in [5.74, 6) is 1.34. The van der Waals surface area contributed by atoms with Crippen molar-refractivity contribution in [3.05, 3.63) is 58.3 Å². The lowest BCUT2D eigenvalue weighted by atomic mass is 9.95. The number of rotatable bonds is 5. The van der Waals surface area contributed by atoms with E-state index in [1.807, 2.05) is 12.1 Å². The number of methoxy groups -OCH3 is 3. The van der Waals surface area contributed by atoms with E-state index in [2.05, 4.69) is 15.4 Å². The summed E-state index contributed by atoms with van der Waals surface area (Å²) in [5, 5.41) is 7.08. The van der Waals surface area contributed by atoms with Gasteiger partial charge in [-0.25, -0.2) is 9.67 Å². The Hall–Kier alpha value is -3.88. The third-order valence-electron chi connectivity index (χ3n) is 5.56. The van der Waals surface area contributed by atoms with Crippen molar-refractivity contribution in [2.24, 2.45) is 0 Å². The Morgan fingerprint density at radius 2 is 1.91 bits per heavy atom. The van der Waals surface area contributed by atoms with Gasteiger partial charge in [-0.3, -0.25) is 9.59 Å². The van der Waals surface area contributed by atoms with E-state index in [-0.39, 0.29) is 17.4 Å². The molecule has 1 N–H and O–H groups in total. The second-order valence-electron chi connectivity index (χ2n) is 7.41. The van der Waals surface area contributed by atoms with E-state index in [4.69, 9.17) is 14.2 Å². The molecule has 1 unspecified atom stereocenters. The van der Waals surface area contributed by atoms with E-state index >= 15 is 0 Å². The average Bonchev–Trinajstić information content (AvgIpc) is 3.20. The van der Waals surface area contributed by atoms with Gasteiger partial charge >= 0.3 is 0 Å². The molecule has 1 amide bonds. The molecule has 0 radical (unpaired) electrons. The van der Waals surface area contributed by atoms with Crippen LogP contribution in [-0.2, 0) is 11.2 Å². The molecule has 3 aromatic rings. The van der Waals surface area contributed by atoms with Crippen molar-refractivity contribution in [1.29, 1.82) is 0 Å². The molecule has 0 fully saturated rings. The van der Waals surface area contributed by atoms with E-state index in [0.29, 0.717) is 41.3 Å². The molecule has 9 nitrogen and oxygen atoms in total. The van der Waals surface area contributed by atoms with Gasteiger partial charge in [0.15, 0.2) is 11.5 Å². The smallest absolute Gasteiger partial charge is 0.217 e. The summed E-state index contributed by atoms with van der Waals surface area (Å²) in [4.78, 5) is 29.1. The zero-order chi connectivity index (χ0) is 22.8. The highest BCUT2D eigenvalue weighted by atomic mass is 16.5. The van der Waals surface area contributed by atoms with Crippen molar-refractivity contribution in [3.63, 3.8) is 0 Å². The van der Waals surface area contributed by atoms with Crippen LogP contribution in [0.2, 0.25) is 0 Å². The third kappa shape index (κ3) is 3.66. The highest BCUT2D eigenvalue weighted by Gasteiger charge is 2.29. The molecular weight excluding hydrogens is 412 g/mol. The lowest BCUT2D eigenvalue weighted by Gasteiger charge is -2.19. The van der Waals surface area contributed by atoms with E-state index < -0.39 is 0 Å². The normalized spacial score (nSPS) is 14.6. The first kappa shape index (κ1) is 21.4. The molecule has 0 bridgehead atoms. The zero-order valence-electron chi connectivity index (χ0n) is 18.3. The number of benzene rings is 1. The van der Waals surface area contributed by atoms with Gasteiger partial charge in [0.1, 0.15) is 18.3 Å². The number of ether oxygens (including phenoxy) is 3. The van der Waals surface area contributed by atoms with Gasteiger partial charge in [0.2, 0.25) is 17.1 Å². The van der Waals surface area contributed by atoms with Gasteiger partial charge in [-0.2, -0.15) is 5.10 Å². The van der Waals surface area contributed by atoms with E-state index in [1.54, 1.807) is 33.5 Å². The molecule has 32 heavy (non-hydrogen) atoms. The van der Waals surface area contributed by atoms with Gasteiger partial charge in [0.25, 0.3) is 0 Å². The van der Waals surface area contributed by atoms with E-state index in [1.165, 1.54) is 24.3 Å². The summed E-state index contributed by atoms with van der Waals surface area (Å²) in [7, 11) is 4.69. The molecule has 0 aliphatic heterocycles. The summed E-state index contributed by atoms with van der Waals surface area (Å²) >= 11 is 0. The number of nitrogens with zero attached hydrogens (tertiary/aromatic N) is 3. The molecule has 1 heterocycles. The Morgan fingerprint density at radius 3 is 2.53 bits per heavy atom. The molecule has 0 spiro atoms. The minimum Gasteiger partial charge on any atom is -0.493 e. The maximum absolute atomic E-state index is 13.1. The highest BCUT2D eigenvalue weighted by Crippen LogP contribution is 2.50. The topological polar surface area (TPSA) is 105 Å². The number of aryl methyl sites for hydroxylation is 1. The molecule has 0 saturated heterocycles. The van der Waals surface area contributed by atoms with Gasteiger partial charge < -0.3 is 19.5 Å². The van der Waals surface area contributed by atoms with Crippen molar-refractivity contribution in [1.82, 2.24) is 20.1 Å². The van der Waals surface area contributed by atoms with Gasteiger partial charge in [0.05, 0.1) is 27.4 Å². The van der Waals surface area contributed by atoms with Crippen molar-refractivity contribution in [2.75, 3.05) is 21.3 Å². The number of nitrogens with one attached hydrogen (secondary N) is 1. The highest BCUT2D eigenvalue weighted by molar-refractivity contribution is 5.83. The molecule has 1 aliphatic carbocycles. The van der Waals surface area contributed by atoms with Gasteiger partial charge in [0, 0.05) is 12.5 Å². The number of hydrogen-bond acceptors (Lipinski definition) is 7. The first-order valence-corrected chi connectivity index (χ1v) is 10.1. The third-order valence-corrected chi connectivity index (χ3v) is 5.56. The zero-order valence-corrected chi connectivity index (χ0v) is 18.3. The Morgan fingerprint density at radius 1 is 1.12 bits per heavy atom. The lowest BCUT2D eigenvalue weighted by Crippen LogP contribution is -2.26. The number of amides is 1. The van der Waals surface area contributed by atoms with Gasteiger partial charge in [-0.15, -0.1) is 0 Å². The van der Waals surface area contributed by atoms with Crippen LogP contribution in [0.3, 0.4) is 0 Å². The first-order valence-electron chi connectivity index (χ1n) is 10.1. The van der Waals surface area contributed by atoms with Crippen LogP contribution in [0.4, 0.5) is 0 Å². The molecule has 2 aromatic carbocycles. The quantitative estimate of drug-likeness (QED) is 0.655. The molecular formula is C23H24N4O5. The average molecular weight is 436 g/mol. The predicted molar refractivity (Wildman–Crippen MR) is 118 cm³/mol. The monoisotopic (exact) mass is 436 g/mol. The first-order chi connectivity index (χ1) is 15.5. The van der Waals surface area contributed by atoms with Crippen LogP contribution >= 0.6 is 0 Å². The van der Waals surface area contributed by atoms with E-state index in [9.17, 15) is 9.59 Å². The molecule has 1 aliphatic rings. The number of carbonyl (C=O) groups is 1. The number of carbonyl (C=O) groups excluding carboxylic acids is 1. The lowest BCUT2D eigenvalue weighted by molar-refractivity contribution is -0.119. The Kier molecular flexibility index (Phi) is 5.81. The van der Waals surface area contributed by atoms with Crippen LogP contribution in [0.15, 0.2) is 41.7 Å². The largest absolute Gasteiger partial charge is 0.493 e. The van der Waals surface area contributed by atoms with Crippen molar-refractivity contribution >= 4 is 5.91 Å². The Labute approximate surface area is 185 Å². The molecule has 9 heteroatoms. The summed E-state index contributed by atoms with van der Waals surface area (Å²) in [6.45, 7) is 1.46. The minimum absolute atomic E-state index is 0.176. The second-order valence-corrected chi connectivity index (χ2v) is 7.41. The SMILES string of the molecule is COc1cc2c(c(OC)c1OC)-c1ccc(-n3cncn3)c(=O)cc1C(NC(C)=O)CC2. The molecule has 1 aromatic heterocycles. The van der Waals surface area contributed by atoms with Gasteiger partial charge in [-0.1, -0.05) is 6.07 Å². The van der Waals surface area contributed by atoms with Crippen LogP contribution < -0.4 is 25.0 Å². The molecule has 4 rings (SSSR count). The number of hydrogen-bond donors (Lipinski definition) is 1. The van der Waals surface area contributed by atoms with E-state index in [0.717, 1.165) is 16.7 Å². The summed E-state index contributed by atoms with van der Waals surface area (Å²) in [5.41, 5.74) is 3.33. The van der Waals surface area contributed by atoms with Crippen molar-refractivity contribution < 1.29 is 19.0 Å². The molecule has 1 atom stereocenters. The Bertz CT molecular complexity index is 1220. The fraction of sp³-hybridized carbons (Fsp3) is 0.304. The Balaban J connectivity index is 2.07. The molecule has 0 saturated carbocycles. The van der Waals surface area contributed by atoms with Crippen molar-refractivity contribution in [2.45, 2.75) is 25.8 Å². The van der Waals surface area contributed by atoms with Crippen LogP contribution in [-0.4, -0.2) is 42.0 Å². The fourth-order valence-corrected chi connectivity index (χ4v) is 4.22. The van der Waals surface area contributed by atoms with Crippen molar-refractivity contribution in [3.8, 4) is 34.1 Å². The van der Waals surface area contributed by atoms with Crippen LogP contribution in [0.25, 0.3) is 16.8 Å². The summed E-state index contributed by atoms with van der Waals surface area (Å²) in [6, 6.07) is 6.66. The predicted octanol–water partition coefficient (Wildman–Crippen LogP) is 2.44. The minimum atomic E-state index is -0.361. The van der Waals surface area contributed by atoms with Crippen LogP contribution in [0.1, 0.15) is 30.5 Å². The van der Waals surface area contributed by atoms with Crippen LogP contribution in [0.5, 0.6) is 17.2 Å².